The van der Waals surface area contributed by atoms with Crippen LogP contribution in [0.4, 0.5) is 0 Å². The van der Waals surface area contributed by atoms with Crippen LogP contribution in [0.3, 0.4) is 0 Å². The van der Waals surface area contributed by atoms with Gasteiger partial charge >= 0.3 is 5.97 Å². The quantitative estimate of drug-likeness (QED) is 0.783. The SMILES string of the molecule is CCOC(=O)CC=Cc1ccc(CO)s1. The van der Waals surface area contributed by atoms with E-state index in [9.17, 15) is 4.79 Å². The van der Waals surface area contributed by atoms with Crippen molar-refractivity contribution in [3.8, 4) is 0 Å². The molecular formula is C11H14O3S. The van der Waals surface area contributed by atoms with Crippen molar-refractivity contribution >= 4 is 23.4 Å². The number of carbonyl (C=O) groups excluding carboxylic acids is 1. The molecule has 0 aliphatic heterocycles. The van der Waals surface area contributed by atoms with Crippen molar-refractivity contribution < 1.29 is 14.6 Å². The van der Waals surface area contributed by atoms with Gasteiger partial charge < -0.3 is 9.84 Å². The number of thiophene rings is 1. The zero-order valence-corrected chi connectivity index (χ0v) is 9.42. The third-order valence-electron chi connectivity index (χ3n) is 1.71. The summed E-state index contributed by atoms with van der Waals surface area (Å²) < 4.78 is 4.78. The zero-order valence-electron chi connectivity index (χ0n) is 8.60. The number of hydrogen-bond acceptors (Lipinski definition) is 4. The summed E-state index contributed by atoms with van der Waals surface area (Å²) in [5.74, 6) is -0.215. The number of rotatable bonds is 5. The molecule has 1 N–H and O–H groups in total. The molecule has 0 unspecified atom stereocenters. The molecule has 1 aromatic rings. The third-order valence-corrected chi connectivity index (χ3v) is 2.75. The van der Waals surface area contributed by atoms with Crippen LogP contribution >= 0.6 is 11.3 Å². The first-order valence-electron chi connectivity index (χ1n) is 4.78. The number of ether oxygens (including phenoxy) is 1. The molecule has 0 saturated heterocycles. The molecule has 4 heteroatoms. The van der Waals surface area contributed by atoms with Crippen LogP contribution in [0.1, 0.15) is 23.1 Å². The highest BCUT2D eigenvalue weighted by Crippen LogP contribution is 2.17. The number of aliphatic hydroxyl groups is 1. The summed E-state index contributed by atoms with van der Waals surface area (Å²) in [5, 5.41) is 8.85. The van der Waals surface area contributed by atoms with E-state index in [0.717, 1.165) is 9.75 Å². The zero-order chi connectivity index (χ0) is 11.1. The predicted molar refractivity (Wildman–Crippen MR) is 60.5 cm³/mol. The number of esters is 1. The minimum Gasteiger partial charge on any atom is -0.466 e. The van der Waals surface area contributed by atoms with Gasteiger partial charge in [0.25, 0.3) is 0 Å². The first-order chi connectivity index (χ1) is 7.26. The van der Waals surface area contributed by atoms with Crippen LogP contribution in [0.15, 0.2) is 18.2 Å². The van der Waals surface area contributed by atoms with Crippen molar-refractivity contribution in [1.82, 2.24) is 0 Å². The Morgan fingerprint density at radius 2 is 2.40 bits per heavy atom. The summed E-state index contributed by atoms with van der Waals surface area (Å²) in [6, 6.07) is 3.78. The largest absolute Gasteiger partial charge is 0.466 e. The van der Waals surface area contributed by atoms with E-state index in [4.69, 9.17) is 9.84 Å². The van der Waals surface area contributed by atoms with Gasteiger partial charge in [-0.1, -0.05) is 6.08 Å². The Kier molecular flexibility index (Phi) is 5.07. The molecule has 3 nitrogen and oxygen atoms in total. The highest BCUT2D eigenvalue weighted by molar-refractivity contribution is 7.12. The molecule has 15 heavy (non-hydrogen) atoms. The lowest BCUT2D eigenvalue weighted by molar-refractivity contribution is -0.142. The molecule has 1 heterocycles. The van der Waals surface area contributed by atoms with Crippen molar-refractivity contribution in [2.24, 2.45) is 0 Å². The molecule has 0 radical (unpaired) electrons. The van der Waals surface area contributed by atoms with E-state index < -0.39 is 0 Å². The maximum Gasteiger partial charge on any atom is 0.309 e. The summed E-state index contributed by atoms with van der Waals surface area (Å²) in [4.78, 5) is 12.9. The smallest absolute Gasteiger partial charge is 0.309 e. The lowest BCUT2D eigenvalue weighted by Crippen LogP contribution is -2.01. The molecule has 0 amide bonds. The fourth-order valence-corrected chi connectivity index (χ4v) is 1.86. The first kappa shape index (κ1) is 11.9. The van der Waals surface area contributed by atoms with Crippen LogP contribution in [0.5, 0.6) is 0 Å². The number of aliphatic hydroxyl groups excluding tert-OH is 1. The summed E-state index contributed by atoms with van der Waals surface area (Å²) in [6.07, 6.45) is 3.92. The van der Waals surface area contributed by atoms with Gasteiger partial charge in [-0.15, -0.1) is 11.3 Å². The first-order valence-corrected chi connectivity index (χ1v) is 5.59. The Bertz CT molecular complexity index is 341. The van der Waals surface area contributed by atoms with E-state index in [-0.39, 0.29) is 12.6 Å². The average molecular weight is 226 g/mol. The summed E-state index contributed by atoms with van der Waals surface area (Å²) in [6.45, 7) is 2.27. The van der Waals surface area contributed by atoms with Gasteiger partial charge in [0.05, 0.1) is 19.6 Å². The predicted octanol–water partition coefficient (Wildman–Crippen LogP) is 2.21. The van der Waals surface area contributed by atoms with E-state index in [1.807, 2.05) is 18.2 Å². The van der Waals surface area contributed by atoms with Crippen molar-refractivity contribution in [2.45, 2.75) is 20.0 Å². The third kappa shape index (κ3) is 4.27. The second kappa shape index (κ2) is 6.37. The van der Waals surface area contributed by atoms with E-state index in [1.165, 1.54) is 11.3 Å². The Morgan fingerprint density at radius 3 is 3.00 bits per heavy atom. The Labute approximate surface area is 93.0 Å². The molecule has 0 bridgehead atoms. The maximum absolute atomic E-state index is 11.0. The van der Waals surface area contributed by atoms with Crippen LogP contribution < -0.4 is 0 Å². The molecule has 0 aliphatic carbocycles. The van der Waals surface area contributed by atoms with Gasteiger partial charge in [0.2, 0.25) is 0 Å². The Morgan fingerprint density at radius 1 is 1.60 bits per heavy atom. The molecule has 0 aromatic carbocycles. The highest BCUT2D eigenvalue weighted by atomic mass is 32.1. The molecule has 0 fully saturated rings. The van der Waals surface area contributed by atoms with E-state index in [0.29, 0.717) is 13.0 Å². The number of carbonyl (C=O) groups is 1. The molecule has 0 saturated carbocycles. The van der Waals surface area contributed by atoms with Gasteiger partial charge in [0.15, 0.2) is 0 Å². The normalized spacial score (nSPS) is 10.8. The Hall–Kier alpha value is -1.13. The van der Waals surface area contributed by atoms with E-state index in [2.05, 4.69) is 0 Å². The average Bonchev–Trinajstić information content (AvgIpc) is 2.66. The van der Waals surface area contributed by atoms with Crippen molar-refractivity contribution in [3.05, 3.63) is 28.0 Å². The summed E-state index contributed by atoms with van der Waals surface area (Å²) in [7, 11) is 0. The molecule has 82 valence electrons. The highest BCUT2D eigenvalue weighted by Gasteiger charge is 1.98. The molecule has 0 spiro atoms. The molecule has 1 rings (SSSR count). The lowest BCUT2D eigenvalue weighted by Gasteiger charge is -1.95. The van der Waals surface area contributed by atoms with Gasteiger partial charge in [-0.05, 0) is 25.1 Å². The maximum atomic E-state index is 11.0. The minimum absolute atomic E-state index is 0.0659. The van der Waals surface area contributed by atoms with Gasteiger partial charge in [-0.3, -0.25) is 4.79 Å². The minimum atomic E-state index is -0.215. The van der Waals surface area contributed by atoms with Gasteiger partial charge in [-0.2, -0.15) is 0 Å². The summed E-state index contributed by atoms with van der Waals surface area (Å²) >= 11 is 1.51. The van der Waals surface area contributed by atoms with Crippen molar-refractivity contribution in [2.75, 3.05) is 6.61 Å². The van der Waals surface area contributed by atoms with Crippen LogP contribution in [0, 0.1) is 0 Å². The Balaban J connectivity index is 2.40. The molecular weight excluding hydrogens is 212 g/mol. The van der Waals surface area contributed by atoms with E-state index >= 15 is 0 Å². The fraction of sp³-hybridized carbons (Fsp3) is 0.364. The molecule has 1 aromatic heterocycles. The van der Waals surface area contributed by atoms with Crippen molar-refractivity contribution in [1.29, 1.82) is 0 Å². The second-order valence-corrected chi connectivity index (χ2v) is 4.07. The standard InChI is InChI=1S/C11H14O3S/c1-2-14-11(13)5-3-4-9-6-7-10(8-12)15-9/h3-4,6-7,12H,2,5,8H2,1H3. The van der Waals surface area contributed by atoms with E-state index in [1.54, 1.807) is 13.0 Å². The summed E-state index contributed by atoms with van der Waals surface area (Å²) in [5.41, 5.74) is 0. The lowest BCUT2D eigenvalue weighted by atomic mass is 10.3. The van der Waals surface area contributed by atoms with Crippen LogP contribution in [0.25, 0.3) is 6.08 Å². The van der Waals surface area contributed by atoms with Crippen LogP contribution in [0.2, 0.25) is 0 Å². The topological polar surface area (TPSA) is 46.5 Å². The van der Waals surface area contributed by atoms with Gasteiger partial charge in [0, 0.05) is 9.75 Å². The van der Waals surface area contributed by atoms with Crippen molar-refractivity contribution in [3.63, 3.8) is 0 Å². The second-order valence-electron chi connectivity index (χ2n) is 2.87. The fourth-order valence-electron chi connectivity index (χ4n) is 1.06. The van der Waals surface area contributed by atoms with Gasteiger partial charge in [-0.25, -0.2) is 0 Å². The molecule has 0 aliphatic rings. The molecule has 0 atom stereocenters. The van der Waals surface area contributed by atoms with Gasteiger partial charge in [0.1, 0.15) is 0 Å². The van der Waals surface area contributed by atoms with Crippen LogP contribution in [-0.4, -0.2) is 17.7 Å². The van der Waals surface area contributed by atoms with Crippen LogP contribution in [-0.2, 0) is 16.1 Å². The number of hydrogen-bond donors (Lipinski definition) is 1. The monoisotopic (exact) mass is 226 g/mol.